The van der Waals surface area contributed by atoms with Crippen molar-refractivity contribution in [1.29, 1.82) is 0 Å². The van der Waals surface area contributed by atoms with E-state index in [4.69, 9.17) is 42.1 Å². The number of ether oxygens (including phenoxy) is 4. The second-order valence-electron chi connectivity index (χ2n) is 16.0. The van der Waals surface area contributed by atoms with Crippen LogP contribution in [0.25, 0.3) is 11.1 Å². The third-order valence-electron chi connectivity index (χ3n) is 11.3. The van der Waals surface area contributed by atoms with Gasteiger partial charge in [-0.25, -0.2) is 0 Å². The van der Waals surface area contributed by atoms with Crippen molar-refractivity contribution in [1.82, 2.24) is 15.3 Å². The standard InChI is InChI=1S/C50H51Cl2N5O8/c1-30-35(27-64-47-15-45(62-26-34-12-37(21-55-20-34)44-23-56-44)38(13-42(47)51)22-57-50(3,29-59)49(60)61)7-5-9-40(30)41-10-6-8-36(31(41)2)28-65-48-16-46(39(24-58)14-43(48)52)63-25-33-11-32(17-53-4)18-54-19-33/h5-21,23,44,49,57-61H,22,24-29H2,1-4H3. The minimum absolute atomic E-state index is 0.0415. The van der Waals surface area contributed by atoms with Crippen LogP contribution in [0.15, 0.2) is 108 Å². The molecule has 0 spiro atoms. The van der Waals surface area contributed by atoms with Crippen molar-refractivity contribution in [3.63, 3.8) is 0 Å². The molecular formula is C50H51Cl2N5O8. The first-order chi connectivity index (χ1) is 31.4. The Morgan fingerprint density at radius 3 is 1.78 bits per heavy atom. The number of hydrogen-bond donors (Lipinski definition) is 5. The number of aliphatic hydroxyl groups excluding tert-OH is 3. The number of aliphatic imine (C=N–C) groups is 2. The first-order valence-corrected chi connectivity index (χ1v) is 21.6. The molecule has 0 aliphatic carbocycles. The van der Waals surface area contributed by atoms with E-state index in [-0.39, 0.29) is 45.6 Å². The highest BCUT2D eigenvalue weighted by molar-refractivity contribution is 6.32. The Labute approximate surface area is 388 Å². The van der Waals surface area contributed by atoms with Gasteiger partial charge in [0.15, 0.2) is 6.29 Å². The smallest absolute Gasteiger partial charge is 0.172 e. The number of aliphatic hydroxyl groups is 4. The first kappa shape index (κ1) is 47.1. The van der Waals surface area contributed by atoms with Gasteiger partial charge in [-0.1, -0.05) is 59.6 Å². The normalized spacial score (nSPS) is 14.2. The molecule has 13 nitrogen and oxygen atoms in total. The van der Waals surface area contributed by atoms with E-state index in [2.05, 4.69) is 51.2 Å². The predicted molar refractivity (Wildman–Crippen MR) is 251 cm³/mol. The molecule has 0 bridgehead atoms. The summed E-state index contributed by atoms with van der Waals surface area (Å²) >= 11 is 13.5. The van der Waals surface area contributed by atoms with E-state index in [1.54, 1.807) is 62.3 Å². The molecule has 0 saturated carbocycles. The number of aromatic nitrogens is 2. The zero-order valence-electron chi connectivity index (χ0n) is 36.5. The summed E-state index contributed by atoms with van der Waals surface area (Å²) in [7, 11) is 1.70. The number of nitrogens with one attached hydrogen (secondary N) is 1. The number of rotatable bonds is 21. The van der Waals surface area contributed by atoms with Gasteiger partial charge in [-0.3, -0.25) is 20.0 Å². The minimum Gasteiger partial charge on any atom is -0.488 e. The van der Waals surface area contributed by atoms with E-state index in [9.17, 15) is 20.4 Å². The largest absolute Gasteiger partial charge is 0.488 e. The molecule has 2 atom stereocenters. The molecule has 4 aromatic carbocycles. The maximum atomic E-state index is 10.1. The monoisotopic (exact) mass is 919 g/mol. The molecule has 3 heterocycles. The van der Waals surface area contributed by atoms with Crippen LogP contribution in [0, 0.1) is 13.8 Å². The van der Waals surface area contributed by atoms with Gasteiger partial charge < -0.3 is 44.7 Å². The number of nitrogens with zero attached hydrogens (tertiary/aromatic N) is 4. The first-order valence-electron chi connectivity index (χ1n) is 20.9. The lowest BCUT2D eigenvalue weighted by Gasteiger charge is -2.31. The average molecular weight is 921 g/mol. The van der Waals surface area contributed by atoms with E-state index < -0.39 is 18.4 Å². The highest BCUT2D eigenvalue weighted by Crippen LogP contribution is 2.38. The zero-order valence-corrected chi connectivity index (χ0v) is 38.0. The molecule has 0 saturated heterocycles. The zero-order chi connectivity index (χ0) is 46.1. The molecule has 6 aromatic rings. The van der Waals surface area contributed by atoms with Crippen LogP contribution in [0.3, 0.4) is 0 Å². The summed E-state index contributed by atoms with van der Waals surface area (Å²) in [4.78, 5) is 16.9. The van der Waals surface area contributed by atoms with E-state index in [1.165, 1.54) is 6.92 Å². The molecule has 338 valence electrons. The molecule has 0 fully saturated rings. The number of benzene rings is 4. The molecule has 1 aliphatic rings. The molecule has 2 unspecified atom stereocenters. The Kier molecular flexibility index (Phi) is 15.5. The molecular weight excluding hydrogens is 869 g/mol. The number of halogens is 2. The predicted octanol–water partition coefficient (Wildman–Crippen LogP) is 8.20. The van der Waals surface area contributed by atoms with Gasteiger partial charge >= 0.3 is 0 Å². The van der Waals surface area contributed by atoms with Gasteiger partial charge in [0.25, 0.3) is 0 Å². The summed E-state index contributed by atoms with van der Waals surface area (Å²) in [6.45, 7) is 5.77. The van der Waals surface area contributed by atoms with Crippen LogP contribution in [0.5, 0.6) is 23.0 Å². The number of pyridine rings is 2. The van der Waals surface area contributed by atoms with Crippen molar-refractivity contribution in [3.05, 3.63) is 163 Å². The van der Waals surface area contributed by atoms with Crippen molar-refractivity contribution in [2.75, 3.05) is 13.7 Å². The second kappa shape index (κ2) is 21.4. The SMILES string of the molecule is CN=Cc1cncc(COc2cc(OCc3cccc(-c4cccc(COc5cc(OCc6cncc(C7C=N7)c6)c(CNC(C)(CO)C(O)O)cc5Cl)c4C)c3C)c(Cl)cc2CO)c1. The lowest BCUT2D eigenvalue weighted by Crippen LogP contribution is -2.54. The summed E-state index contributed by atoms with van der Waals surface area (Å²) in [5.74, 6) is 1.71. The maximum Gasteiger partial charge on any atom is 0.172 e. The van der Waals surface area contributed by atoms with Crippen LogP contribution < -0.4 is 24.3 Å². The molecule has 0 radical (unpaired) electrons. The van der Waals surface area contributed by atoms with Gasteiger partial charge in [0.1, 0.15) is 55.5 Å². The van der Waals surface area contributed by atoms with Gasteiger partial charge in [0, 0.05) is 96.3 Å². The highest BCUT2D eigenvalue weighted by Gasteiger charge is 2.31. The Morgan fingerprint density at radius 2 is 1.25 bits per heavy atom. The van der Waals surface area contributed by atoms with Gasteiger partial charge in [-0.05, 0) is 78.4 Å². The summed E-state index contributed by atoms with van der Waals surface area (Å²) in [5.41, 5.74) is 9.27. The third-order valence-corrected chi connectivity index (χ3v) is 11.9. The van der Waals surface area contributed by atoms with E-state index in [0.717, 1.165) is 55.6 Å². The van der Waals surface area contributed by atoms with Crippen molar-refractivity contribution in [3.8, 4) is 34.1 Å². The van der Waals surface area contributed by atoms with Crippen molar-refractivity contribution in [2.24, 2.45) is 9.98 Å². The lowest BCUT2D eigenvalue weighted by atomic mass is 9.92. The fourth-order valence-electron chi connectivity index (χ4n) is 7.10. The van der Waals surface area contributed by atoms with Crippen molar-refractivity contribution < 1.29 is 39.4 Å². The Balaban J connectivity index is 1.07. The summed E-state index contributed by atoms with van der Waals surface area (Å²) in [5, 5.41) is 43.6. The molecule has 65 heavy (non-hydrogen) atoms. The Hall–Kier alpha value is -5.90. The van der Waals surface area contributed by atoms with Crippen molar-refractivity contribution in [2.45, 2.75) is 78.2 Å². The Bertz CT molecular complexity index is 2690. The summed E-state index contributed by atoms with van der Waals surface area (Å²) in [6, 6.07) is 22.9. The molecule has 0 amide bonds. The highest BCUT2D eigenvalue weighted by atomic mass is 35.5. The molecule has 7 rings (SSSR count). The lowest BCUT2D eigenvalue weighted by molar-refractivity contribution is -0.117. The van der Waals surface area contributed by atoms with Gasteiger partial charge in [0.2, 0.25) is 0 Å². The maximum absolute atomic E-state index is 10.1. The molecule has 1 aliphatic heterocycles. The molecule has 15 heteroatoms. The van der Waals surface area contributed by atoms with Crippen LogP contribution in [-0.4, -0.2) is 68.3 Å². The van der Waals surface area contributed by atoms with Crippen LogP contribution in [0.1, 0.15) is 68.6 Å². The van der Waals surface area contributed by atoms with Crippen LogP contribution in [0.4, 0.5) is 0 Å². The summed E-state index contributed by atoms with van der Waals surface area (Å²) < 4.78 is 25.2. The van der Waals surface area contributed by atoms with Crippen LogP contribution >= 0.6 is 23.2 Å². The van der Waals surface area contributed by atoms with Gasteiger partial charge in [-0.2, -0.15) is 0 Å². The quantitative estimate of drug-likeness (QED) is 0.0347. The molecule has 5 N–H and O–H groups in total. The van der Waals surface area contributed by atoms with Crippen molar-refractivity contribution >= 4 is 35.6 Å². The van der Waals surface area contributed by atoms with Gasteiger partial charge in [-0.15, -0.1) is 0 Å². The van der Waals surface area contributed by atoms with E-state index in [0.29, 0.717) is 44.2 Å². The van der Waals surface area contributed by atoms with E-state index >= 15 is 0 Å². The fraction of sp³-hybridized carbons (Fsp3) is 0.280. The second-order valence-corrected chi connectivity index (χ2v) is 16.8. The fourth-order valence-corrected chi connectivity index (χ4v) is 7.58. The summed E-state index contributed by atoms with van der Waals surface area (Å²) in [6.07, 6.45) is 8.69. The topological polar surface area (TPSA) is 180 Å². The van der Waals surface area contributed by atoms with Crippen LogP contribution in [0.2, 0.25) is 10.0 Å². The van der Waals surface area contributed by atoms with Crippen LogP contribution in [-0.2, 0) is 39.6 Å². The van der Waals surface area contributed by atoms with Gasteiger partial charge in [0.05, 0.1) is 28.8 Å². The minimum atomic E-state index is -1.82. The molecule has 2 aromatic heterocycles. The third kappa shape index (κ3) is 11.7. The average Bonchev–Trinajstić information content (AvgIpc) is 4.16. The Morgan fingerprint density at radius 1 is 0.708 bits per heavy atom. The number of hydrogen-bond acceptors (Lipinski definition) is 13. The van der Waals surface area contributed by atoms with E-state index in [1.807, 2.05) is 42.6 Å².